The molecule has 2 atom stereocenters. The van der Waals surface area contributed by atoms with Crippen LogP contribution >= 0.6 is 11.6 Å². The maximum Gasteiger partial charge on any atom is 0.220 e. The predicted octanol–water partition coefficient (Wildman–Crippen LogP) is 3.75. The van der Waals surface area contributed by atoms with Crippen LogP contribution < -0.4 is 5.32 Å². The van der Waals surface area contributed by atoms with E-state index in [0.29, 0.717) is 18.3 Å². The third-order valence-electron chi connectivity index (χ3n) is 3.39. The van der Waals surface area contributed by atoms with Gasteiger partial charge in [-0.3, -0.25) is 4.79 Å². The van der Waals surface area contributed by atoms with Crippen molar-refractivity contribution in [1.29, 1.82) is 0 Å². The first-order valence-electron chi connectivity index (χ1n) is 6.61. The minimum Gasteiger partial charge on any atom is -0.353 e. The molecule has 1 aromatic carbocycles. The van der Waals surface area contributed by atoms with Crippen molar-refractivity contribution >= 4 is 17.5 Å². The molecule has 2 nitrogen and oxygen atoms in total. The molecule has 2 rings (SSSR count). The molecule has 0 bridgehead atoms. The van der Waals surface area contributed by atoms with Crippen LogP contribution in [0, 0.1) is 5.92 Å². The second-order valence-electron chi connectivity index (χ2n) is 5.47. The molecule has 0 aromatic heterocycles. The minimum atomic E-state index is 0.170. The fourth-order valence-corrected chi connectivity index (χ4v) is 2.45. The molecule has 0 saturated heterocycles. The van der Waals surface area contributed by atoms with E-state index in [1.165, 1.54) is 0 Å². The lowest BCUT2D eigenvalue weighted by Crippen LogP contribution is -2.26. The zero-order valence-corrected chi connectivity index (χ0v) is 11.7. The Hall–Kier alpha value is -1.02. The van der Waals surface area contributed by atoms with Gasteiger partial charge in [0, 0.05) is 23.4 Å². The Kier molecular flexibility index (Phi) is 4.28. The van der Waals surface area contributed by atoms with Crippen molar-refractivity contribution in [1.82, 2.24) is 5.32 Å². The van der Waals surface area contributed by atoms with Crippen molar-refractivity contribution < 1.29 is 4.79 Å². The van der Waals surface area contributed by atoms with Gasteiger partial charge in [0.2, 0.25) is 5.91 Å². The Labute approximate surface area is 114 Å². The van der Waals surface area contributed by atoms with Crippen LogP contribution in [0.4, 0.5) is 0 Å². The van der Waals surface area contributed by atoms with Gasteiger partial charge in [-0.1, -0.05) is 43.6 Å². The SMILES string of the molecule is CC(C)CCC(=O)NC1CC1c1ccccc1Cl. The summed E-state index contributed by atoms with van der Waals surface area (Å²) in [6.45, 7) is 4.27. The molecular formula is C15H20ClNO. The van der Waals surface area contributed by atoms with Gasteiger partial charge >= 0.3 is 0 Å². The molecule has 2 unspecified atom stereocenters. The van der Waals surface area contributed by atoms with Crippen molar-refractivity contribution in [2.45, 2.75) is 45.1 Å². The first kappa shape index (κ1) is 13.4. The van der Waals surface area contributed by atoms with E-state index in [9.17, 15) is 4.79 Å². The standard InChI is InChI=1S/C15H20ClNO/c1-10(2)7-8-15(18)17-14-9-12(14)11-5-3-4-6-13(11)16/h3-6,10,12,14H,7-9H2,1-2H3,(H,17,18). The summed E-state index contributed by atoms with van der Waals surface area (Å²) in [5.74, 6) is 1.15. The van der Waals surface area contributed by atoms with Gasteiger partial charge in [-0.15, -0.1) is 0 Å². The number of nitrogens with one attached hydrogen (secondary N) is 1. The van der Waals surface area contributed by atoms with Gasteiger partial charge < -0.3 is 5.32 Å². The zero-order valence-electron chi connectivity index (χ0n) is 10.9. The fraction of sp³-hybridized carbons (Fsp3) is 0.533. The third kappa shape index (κ3) is 3.49. The lowest BCUT2D eigenvalue weighted by Gasteiger charge is -2.07. The number of carbonyl (C=O) groups excluding carboxylic acids is 1. The van der Waals surface area contributed by atoms with Crippen LogP contribution in [0.3, 0.4) is 0 Å². The van der Waals surface area contributed by atoms with Gasteiger partial charge in [0.15, 0.2) is 0 Å². The van der Waals surface area contributed by atoms with Gasteiger partial charge in [-0.25, -0.2) is 0 Å². The van der Waals surface area contributed by atoms with E-state index >= 15 is 0 Å². The smallest absolute Gasteiger partial charge is 0.220 e. The topological polar surface area (TPSA) is 29.1 Å². The number of hydrogen-bond donors (Lipinski definition) is 1. The molecule has 1 fully saturated rings. The van der Waals surface area contributed by atoms with Gasteiger partial charge in [-0.2, -0.15) is 0 Å². The molecule has 1 amide bonds. The molecule has 18 heavy (non-hydrogen) atoms. The lowest BCUT2D eigenvalue weighted by molar-refractivity contribution is -0.121. The summed E-state index contributed by atoms with van der Waals surface area (Å²) in [7, 11) is 0. The van der Waals surface area contributed by atoms with Gasteiger partial charge in [-0.05, 0) is 30.4 Å². The van der Waals surface area contributed by atoms with Crippen LogP contribution in [0.2, 0.25) is 5.02 Å². The summed E-state index contributed by atoms with van der Waals surface area (Å²) in [6, 6.07) is 8.17. The van der Waals surface area contributed by atoms with E-state index in [2.05, 4.69) is 19.2 Å². The molecule has 0 aliphatic heterocycles. The third-order valence-corrected chi connectivity index (χ3v) is 3.73. The molecule has 1 aromatic rings. The van der Waals surface area contributed by atoms with Crippen LogP contribution in [-0.2, 0) is 4.79 Å². The van der Waals surface area contributed by atoms with E-state index in [4.69, 9.17) is 11.6 Å². The summed E-state index contributed by atoms with van der Waals surface area (Å²) in [5.41, 5.74) is 1.16. The number of carbonyl (C=O) groups is 1. The van der Waals surface area contributed by atoms with Crippen molar-refractivity contribution in [3.63, 3.8) is 0 Å². The molecule has 98 valence electrons. The normalized spacial score (nSPS) is 22.0. The van der Waals surface area contributed by atoms with Gasteiger partial charge in [0.1, 0.15) is 0 Å². The molecule has 1 saturated carbocycles. The van der Waals surface area contributed by atoms with Crippen LogP contribution in [-0.4, -0.2) is 11.9 Å². The van der Waals surface area contributed by atoms with Crippen LogP contribution in [0.5, 0.6) is 0 Å². The highest BCUT2D eigenvalue weighted by atomic mass is 35.5. The van der Waals surface area contributed by atoms with Crippen molar-refractivity contribution in [3.8, 4) is 0 Å². The summed E-state index contributed by atoms with van der Waals surface area (Å²) >= 11 is 6.15. The van der Waals surface area contributed by atoms with E-state index in [0.717, 1.165) is 23.4 Å². The lowest BCUT2D eigenvalue weighted by atomic mass is 10.1. The monoisotopic (exact) mass is 265 g/mol. The van der Waals surface area contributed by atoms with Crippen LogP contribution in [0.1, 0.15) is 44.6 Å². The van der Waals surface area contributed by atoms with E-state index in [1.807, 2.05) is 24.3 Å². The van der Waals surface area contributed by atoms with E-state index < -0.39 is 0 Å². The summed E-state index contributed by atoms with van der Waals surface area (Å²) in [4.78, 5) is 11.7. The zero-order chi connectivity index (χ0) is 13.1. The average molecular weight is 266 g/mol. The number of hydrogen-bond acceptors (Lipinski definition) is 1. The average Bonchev–Trinajstić information content (AvgIpc) is 3.06. The Bertz CT molecular complexity index is 430. The first-order valence-corrected chi connectivity index (χ1v) is 6.99. The van der Waals surface area contributed by atoms with Crippen molar-refractivity contribution in [2.24, 2.45) is 5.92 Å². The Morgan fingerprint density at radius 2 is 2.17 bits per heavy atom. The van der Waals surface area contributed by atoms with E-state index in [-0.39, 0.29) is 11.9 Å². The maximum absolute atomic E-state index is 11.7. The number of amides is 1. The molecule has 3 heteroatoms. The molecule has 1 aliphatic rings. The maximum atomic E-state index is 11.7. The molecule has 0 radical (unpaired) electrons. The van der Waals surface area contributed by atoms with Gasteiger partial charge in [0.25, 0.3) is 0 Å². The predicted molar refractivity (Wildman–Crippen MR) is 74.8 cm³/mol. The summed E-state index contributed by atoms with van der Waals surface area (Å²) < 4.78 is 0. The number of benzene rings is 1. The quantitative estimate of drug-likeness (QED) is 0.863. The Morgan fingerprint density at radius 1 is 1.44 bits per heavy atom. The summed E-state index contributed by atoms with van der Waals surface area (Å²) in [5, 5.41) is 3.89. The van der Waals surface area contributed by atoms with E-state index in [1.54, 1.807) is 0 Å². The van der Waals surface area contributed by atoms with Crippen LogP contribution in [0.25, 0.3) is 0 Å². The molecule has 0 heterocycles. The highest BCUT2D eigenvalue weighted by Gasteiger charge is 2.40. The van der Waals surface area contributed by atoms with Crippen molar-refractivity contribution in [3.05, 3.63) is 34.9 Å². The number of halogens is 1. The second-order valence-corrected chi connectivity index (χ2v) is 5.88. The minimum absolute atomic E-state index is 0.170. The highest BCUT2D eigenvalue weighted by molar-refractivity contribution is 6.31. The summed E-state index contributed by atoms with van der Waals surface area (Å²) in [6.07, 6.45) is 2.59. The fourth-order valence-electron chi connectivity index (χ4n) is 2.17. The largest absolute Gasteiger partial charge is 0.353 e. The van der Waals surface area contributed by atoms with Crippen molar-refractivity contribution in [2.75, 3.05) is 0 Å². The molecule has 0 spiro atoms. The first-order chi connectivity index (χ1) is 8.58. The molecular weight excluding hydrogens is 246 g/mol. The molecule has 1 N–H and O–H groups in total. The Balaban J connectivity index is 1.82. The Morgan fingerprint density at radius 3 is 2.83 bits per heavy atom. The highest BCUT2D eigenvalue weighted by Crippen LogP contribution is 2.43. The van der Waals surface area contributed by atoms with Gasteiger partial charge in [0.05, 0.1) is 0 Å². The second kappa shape index (κ2) is 5.75. The number of rotatable bonds is 5. The molecule has 1 aliphatic carbocycles. The van der Waals surface area contributed by atoms with Crippen LogP contribution in [0.15, 0.2) is 24.3 Å².